The minimum absolute atomic E-state index is 0.0302. The number of aliphatic hydroxyl groups is 1. The Morgan fingerprint density at radius 2 is 0.871 bits per heavy atom. The highest BCUT2D eigenvalue weighted by molar-refractivity contribution is 5.98. The van der Waals surface area contributed by atoms with Gasteiger partial charge in [0.25, 0.3) is 0 Å². The summed E-state index contributed by atoms with van der Waals surface area (Å²) >= 11 is 0. The Bertz CT molecular complexity index is 1790. The quantitative estimate of drug-likeness (QED) is 0.0293. The molecular weight excluding hydrogens is 919 g/mol. The highest BCUT2D eigenvalue weighted by Crippen LogP contribution is 2.13. The number of carboxylic acids is 2. The Morgan fingerprint density at radius 1 is 0.457 bits per heavy atom. The molecule has 0 aliphatic rings. The summed E-state index contributed by atoms with van der Waals surface area (Å²) in [4.78, 5) is 143. The van der Waals surface area contributed by atoms with Gasteiger partial charge in [-0.3, -0.25) is 47.9 Å². The molecule has 0 spiro atoms. The third kappa shape index (κ3) is 24.6. The Morgan fingerprint density at radius 3 is 1.27 bits per heavy atom. The summed E-state index contributed by atoms with van der Waals surface area (Å²) in [5.74, 6) is -11.9. The first-order valence-corrected chi connectivity index (χ1v) is 23.7. The summed E-state index contributed by atoms with van der Waals surface area (Å²) < 4.78 is 0. The van der Waals surface area contributed by atoms with E-state index in [0.29, 0.717) is 19.4 Å². The minimum Gasteiger partial charge on any atom is -0.481 e. The lowest BCUT2D eigenvalue weighted by Crippen LogP contribution is -2.61. The van der Waals surface area contributed by atoms with Crippen LogP contribution in [0.3, 0.4) is 0 Å². The van der Waals surface area contributed by atoms with Crippen molar-refractivity contribution in [2.75, 3.05) is 6.54 Å². The summed E-state index contributed by atoms with van der Waals surface area (Å²) in [6, 6.07) is -12.2. The number of nitrogens with one attached hydrogen (secondary N) is 8. The van der Waals surface area contributed by atoms with E-state index in [0.717, 1.165) is 0 Å². The van der Waals surface area contributed by atoms with Gasteiger partial charge >= 0.3 is 11.9 Å². The van der Waals surface area contributed by atoms with E-state index in [4.69, 9.17) is 17.2 Å². The number of nitrogens with two attached hydrogens (primary N) is 3. The first-order chi connectivity index (χ1) is 32.4. The molecule has 0 aromatic carbocycles. The van der Waals surface area contributed by atoms with Crippen LogP contribution in [0.5, 0.6) is 0 Å². The van der Waals surface area contributed by atoms with Crippen molar-refractivity contribution in [3.63, 3.8) is 0 Å². The maximum atomic E-state index is 14.0. The summed E-state index contributed by atoms with van der Waals surface area (Å²) in [6.45, 7) is 16.3. The Labute approximate surface area is 409 Å². The molecule has 0 aromatic heterocycles. The molecule has 0 unspecified atom stereocenters. The fraction of sp³-hybridized carbons (Fsp3) is 0.756. The second-order valence-electron chi connectivity index (χ2n) is 19.1. The number of aliphatic hydroxyl groups excluding tert-OH is 1. The van der Waals surface area contributed by atoms with E-state index < -0.39 is 150 Å². The number of aliphatic carboxylic acids is 2. The van der Waals surface area contributed by atoms with Gasteiger partial charge in [0, 0.05) is 12.8 Å². The molecule has 400 valence electrons. The van der Waals surface area contributed by atoms with Crippen LogP contribution >= 0.6 is 0 Å². The topological polar surface area (TPSA) is 423 Å². The number of unbranched alkanes of at least 4 members (excludes halogenated alkanes) is 1. The molecular formula is C45H81N11O14. The predicted octanol–water partition coefficient (Wildman–Crippen LogP) is -2.66. The van der Waals surface area contributed by atoms with Gasteiger partial charge in [-0.1, -0.05) is 55.4 Å². The molecule has 0 aliphatic heterocycles. The van der Waals surface area contributed by atoms with Crippen LogP contribution in [0.25, 0.3) is 0 Å². The fourth-order valence-corrected chi connectivity index (χ4v) is 6.83. The molecule has 70 heavy (non-hydrogen) atoms. The molecule has 25 heteroatoms. The summed E-state index contributed by atoms with van der Waals surface area (Å²) in [5, 5.41) is 49.4. The molecule has 25 nitrogen and oxygen atoms in total. The molecule has 0 bridgehead atoms. The van der Waals surface area contributed by atoms with Crippen molar-refractivity contribution in [2.45, 2.75) is 188 Å². The van der Waals surface area contributed by atoms with Crippen LogP contribution in [-0.4, -0.2) is 147 Å². The van der Waals surface area contributed by atoms with Crippen LogP contribution in [0.15, 0.2) is 0 Å². The van der Waals surface area contributed by atoms with Gasteiger partial charge in [-0.15, -0.1) is 0 Å². The zero-order chi connectivity index (χ0) is 54.2. The largest absolute Gasteiger partial charge is 0.481 e. The molecule has 0 aromatic rings. The zero-order valence-electron chi connectivity index (χ0n) is 42.2. The number of rotatable bonds is 34. The minimum atomic E-state index is -1.57. The van der Waals surface area contributed by atoms with Crippen molar-refractivity contribution in [1.29, 1.82) is 0 Å². The van der Waals surface area contributed by atoms with Gasteiger partial charge in [0.2, 0.25) is 53.2 Å². The van der Waals surface area contributed by atoms with Gasteiger partial charge in [-0.05, 0) is 89.0 Å². The number of hydrogen-bond acceptors (Lipinski definition) is 14. The van der Waals surface area contributed by atoms with Crippen LogP contribution in [0.1, 0.15) is 127 Å². The molecule has 0 heterocycles. The summed E-state index contributed by atoms with van der Waals surface area (Å²) in [7, 11) is 0. The molecule has 10 atom stereocenters. The summed E-state index contributed by atoms with van der Waals surface area (Å²) in [6.07, 6.45) is -1.72. The van der Waals surface area contributed by atoms with Crippen LogP contribution in [0, 0.1) is 23.7 Å². The number of carbonyl (C=O) groups excluding carboxylic acids is 9. The van der Waals surface area contributed by atoms with Gasteiger partial charge in [-0.2, -0.15) is 0 Å². The second kappa shape index (κ2) is 32.0. The molecule has 0 fully saturated rings. The van der Waals surface area contributed by atoms with Crippen molar-refractivity contribution in [1.82, 2.24) is 42.5 Å². The molecule has 9 amide bonds. The SMILES string of the molecule is CC(C)C[C@H](NC(=O)[C@H](C)NC(=O)[C@@H](NC(=O)[C@@H](N)CCC(N)=O)[C@@H](C)O)C(=O)N[C@H](C(=O)N[C@@H](CCC(=O)O)C(=O)N[C@@H](CC(C)C)C(=O)N[C@H](C(=O)N[C@@H](CCCCN)C(=O)O)C(C)C)C(C)C. The normalized spacial score (nSPS) is 15.7. The lowest BCUT2D eigenvalue weighted by Gasteiger charge is -2.30. The van der Waals surface area contributed by atoms with E-state index in [9.17, 15) is 68.1 Å². The average Bonchev–Trinajstić information content (AvgIpc) is 3.24. The molecule has 0 aliphatic carbocycles. The Kier molecular flexibility index (Phi) is 29.3. The third-order valence-electron chi connectivity index (χ3n) is 10.9. The second-order valence-corrected chi connectivity index (χ2v) is 19.1. The van der Waals surface area contributed by atoms with E-state index >= 15 is 0 Å². The first-order valence-electron chi connectivity index (χ1n) is 23.7. The number of primary amides is 1. The lowest BCUT2D eigenvalue weighted by molar-refractivity contribution is -0.143. The molecule has 0 saturated carbocycles. The predicted molar refractivity (Wildman–Crippen MR) is 255 cm³/mol. The Hall–Kier alpha value is -5.95. The molecule has 17 N–H and O–H groups in total. The van der Waals surface area contributed by atoms with Crippen LogP contribution in [0.4, 0.5) is 0 Å². The maximum Gasteiger partial charge on any atom is 0.326 e. The lowest BCUT2D eigenvalue weighted by atomic mass is 9.98. The van der Waals surface area contributed by atoms with Gasteiger partial charge in [0.15, 0.2) is 0 Å². The fourth-order valence-electron chi connectivity index (χ4n) is 6.83. The third-order valence-corrected chi connectivity index (χ3v) is 10.9. The van der Waals surface area contributed by atoms with Crippen molar-refractivity contribution < 1.29 is 68.1 Å². The van der Waals surface area contributed by atoms with Gasteiger partial charge in [-0.25, -0.2) is 4.79 Å². The highest BCUT2D eigenvalue weighted by atomic mass is 16.4. The van der Waals surface area contributed by atoms with E-state index in [1.807, 2.05) is 0 Å². The van der Waals surface area contributed by atoms with E-state index in [2.05, 4.69) is 42.5 Å². The number of amides is 9. The van der Waals surface area contributed by atoms with Gasteiger partial charge < -0.3 is 75.1 Å². The maximum absolute atomic E-state index is 14.0. The monoisotopic (exact) mass is 1000 g/mol. The van der Waals surface area contributed by atoms with Crippen LogP contribution in [0.2, 0.25) is 0 Å². The molecule has 0 saturated heterocycles. The molecule has 0 radical (unpaired) electrons. The summed E-state index contributed by atoms with van der Waals surface area (Å²) in [5.41, 5.74) is 16.4. The van der Waals surface area contributed by atoms with E-state index in [1.54, 1.807) is 55.4 Å². The van der Waals surface area contributed by atoms with Gasteiger partial charge in [0.1, 0.15) is 48.3 Å². The van der Waals surface area contributed by atoms with Crippen molar-refractivity contribution >= 4 is 65.1 Å². The van der Waals surface area contributed by atoms with Crippen LogP contribution in [-0.2, 0) is 52.7 Å². The van der Waals surface area contributed by atoms with Crippen molar-refractivity contribution in [3.05, 3.63) is 0 Å². The molecule has 0 rings (SSSR count). The smallest absolute Gasteiger partial charge is 0.326 e. The highest BCUT2D eigenvalue weighted by Gasteiger charge is 2.36. The Balaban J connectivity index is 6.35. The number of carboxylic acid groups (broad SMARTS) is 2. The van der Waals surface area contributed by atoms with E-state index in [1.165, 1.54) is 13.8 Å². The number of hydrogen-bond donors (Lipinski definition) is 14. The zero-order valence-corrected chi connectivity index (χ0v) is 42.2. The number of carbonyl (C=O) groups is 11. The van der Waals surface area contributed by atoms with Crippen molar-refractivity contribution in [2.24, 2.45) is 40.9 Å². The standard InChI is InChI=1S/C45H81N11O14/c1-21(2)19-30(52-37(61)25(9)49-44(68)36(26(10)57)56-38(62)27(47)14-16-32(48)58)40(64)54-34(23(5)6)42(66)50-28(15-17-33(59)60)39(63)53-31(20-22(3)4)41(65)55-35(24(7)8)43(67)51-29(45(69)70)13-11-12-18-46/h21-31,34-36,57H,11-20,46-47H2,1-10H3,(H2,48,58)(H,49,68)(H,50,66)(H,51,67)(H,52,61)(H,53,63)(H,54,64)(H,55,65)(H,56,62)(H,59,60)(H,69,70)/t25-,26+,27-,28-,29-,30-,31-,34-,35-,36-/m0/s1. The first kappa shape index (κ1) is 64.0. The van der Waals surface area contributed by atoms with Crippen molar-refractivity contribution in [3.8, 4) is 0 Å². The van der Waals surface area contributed by atoms with Crippen LogP contribution < -0.4 is 59.7 Å². The van der Waals surface area contributed by atoms with E-state index in [-0.39, 0.29) is 43.9 Å². The van der Waals surface area contributed by atoms with Gasteiger partial charge in [0.05, 0.1) is 12.1 Å². The average molecular weight is 1000 g/mol.